The first-order valence-corrected chi connectivity index (χ1v) is 8.74. The van der Waals surface area contributed by atoms with E-state index < -0.39 is 0 Å². The first-order valence-electron chi connectivity index (χ1n) is 8.74. The van der Waals surface area contributed by atoms with Crippen LogP contribution < -0.4 is 45.5 Å². The molecule has 0 radical (unpaired) electrons. The number of nitrogens with one attached hydrogen (secondary N) is 4. The van der Waals surface area contributed by atoms with Crippen LogP contribution in [0, 0.1) is 6.92 Å². The van der Waals surface area contributed by atoms with Crippen LogP contribution in [-0.2, 0) is 20.0 Å². The van der Waals surface area contributed by atoms with Gasteiger partial charge < -0.3 is 34.4 Å². The van der Waals surface area contributed by atoms with E-state index in [1.807, 2.05) is 0 Å². The van der Waals surface area contributed by atoms with Crippen molar-refractivity contribution in [2.24, 2.45) is 0 Å². The zero-order valence-electron chi connectivity index (χ0n) is 16.4. The second-order valence-electron chi connectivity index (χ2n) is 6.27. The van der Waals surface area contributed by atoms with Gasteiger partial charge in [0.1, 0.15) is 0 Å². The van der Waals surface area contributed by atoms with Gasteiger partial charge in [-0.2, -0.15) is 0 Å². The third kappa shape index (κ3) is 8.12. The standard InChI is InChI=1S/C20H30N4.Na.H2S/c1-5-18(8-7-11-21-6-2)23-16(4)22-14-19-13-17-12-15(3)9-10-20(17)24-19;;/h6,9-10,12-13,18,21-24H,2,4-5,7-8,11,14H2,1,3H3;;1H2/q;+1;/p-1. The predicted octanol–water partition coefficient (Wildman–Crippen LogP) is 0.653. The summed E-state index contributed by atoms with van der Waals surface area (Å²) in [7, 11) is 0. The third-order valence-corrected chi connectivity index (χ3v) is 4.21. The Balaban J connectivity index is 0.00000312. The van der Waals surface area contributed by atoms with E-state index in [0.29, 0.717) is 6.04 Å². The van der Waals surface area contributed by atoms with Gasteiger partial charge in [0, 0.05) is 23.8 Å². The van der Waals surface area contributed by atoms with Crippen molar-refractivity contribution < 1.29 is 29.6 Å². The maximum Gasteiger partial charge on any atom is 1.00 e. The number of hydrogen-bond donors (Lipinski definition) is 4. The average molecular weight is 383 g/mol. The van der Waals surface area contributed by atoms with Crippen LogP contribution in [0.1, 0.15) is 37.4 Å². The van der Waals surface area contributed by atoms with E-state index in [1.54, 1.807) is 6.20 Å². The molecule has 0 spiro atoms. The molecule has 1 heterocycles. The second-order valence-corrected chi connectivity index (χ2v) is 6.27. The molecule has 0 fully saturated rings. The van der Waals surface area contributed by atoms with Crippen LogP contribution in [0.4, 0.5) is 0 Å². The van der Waals surface area contributed by atoms with Gasteiger partial charge in [-0.05, 0) is 56.0 Å². The maximum absolute atomic E-state index is 4.10. The smallest absolute Gasteiger partial charge is 0.813 e. The van der Waals surface area contributed by atoms with E-state index in [2.05, 4.69) is 72.2 Å². The van der Waals surface area contributed by atoms with Crippen molar-refractivity contribution >= 4 is 24.4 Å². The van der Waals surface area contributed by atoms with Gasteiger partial charge in [0.05, 0.1) is 12.4 Å². The summed E-state index contributed by atoms with van der Waals surface area (Å²) < 4.78 is 0. The SMILES string of the molecule is C=CNCCCC(CC)NC(=C)NCc1cc2cc(C)ccc2[nH]1.[Na+].[SH-]. The number of aromatic amines is 1. The Labute approximate surface area is 187 Å². The number of hydrogen-bond acceptors (Lipinski definition) is 4. The molecule has 138 valence electrons. The van der Waals surface area contributed by atoms with Gasteiger partial charge in [-0.15, -0.1) is 0 Å². The summed E-state index contributed by atoms with van der Waals surface area (Å²) in [6, 6.07) is 9.10. The molecule has 4 N–H and O–H groups in total. The molecular formula is C20H31N4NaS. The number of benzene rings is 1. The van der Waals surface area contributed by atoms with E-state index in [0.717, 1.165) is 38.2 Å². The average Bonchev–Trinajstić information content (AvgIpc) is 2.97. The molecule has 0 aliphatic carbocycles. The topological polar surface area (TPSA) is 51.9 Å². The first kappa shape index (κ1) is 25.0. The van der Waals surface area contributed by atoms with E-state index in [-0.39, 0.29) is 43.1 Å². The zero-order valence-corrected chi connectivity index (χ0v) is 19.3. The Kier molecular flexibility index (Phi) is 12.7. The number of thiol groups is 1. The predicted molar refractivity (Wildman–Crippen MR) is 112 cm³/mol. The Bertz CT molecular complexity index is 684. The molecule has 0 aliphatic rings. The summed E-state index contributed by atoms with van der Waals surface area (Å²) in [6.07, 6.45) is 5.06. The zero-order chi connectivity index (χ0) is 17.4. The van der Waals surface area contributed by atoms with E-state index >= 15 is 0 Å². The molecule has 2 aromatic rings. The normalized spacial score (nSPS) is 11.0. The molecule has 1 atom stereocenters. The first-order chi connectivity index (χ1) is 11.6. The number of aromatic nitrogens is 1. The van der Waals surface area contributed by atoms with Crippen molar-refractivity contribution in [1.29, 1.82) is 0 Å². The van der Waals surface area contributed by atoms with Crippen molar-refractivity contribution in [3.05, 3.63) is 60.7 Å². The van der Waals surface area contributed by atoms with Crippen LogP contribution >= 0.6 is 0 Å². The fourth-order valence-corrected chi connectivity index (χ4v) is 2.84. The largest absolute Gasteiger partial charge is 1.00 e. The molecule has 0 saturated heterocycles. The number of H-pyrrole nitrogens is 1. The van der Waals surface area contributed by atoms with Crippen molar-refractivity contribution in [3.63, 3.8) is 0 Å². The van der Waals surface area contributed by atoms with Gasteiger partial charge >= 0.3 is 29.6 Å². The summed E-state index contributed by atoms with van der Waals surface area (Å²) in [5.74, 6) is 0.883. The molecule has 6 heteroatoms. The van der Waals surface area contributed by atoms with Crippen molar-refractivity contribution in [3.8, 4) is 0 Å². The minimum Gasteiger partial charge on any atom is -0.813 e. The molecule has 0 saturated carbocycles. The maximum atomic E-state index is 4.10. The molecule has 0 amide bonds. The molecule has 26 heavy (non-hydrogen) atoms. The van der Waals surface area contributed by atoms with Gasteiger partial charge in [-0.3, -0.25) is 0 Å². The number of aryl methyl sites for hydroxylation is 1. The van der Waals surface area contributed by atoms with Gasteiger partial charge in [-0.25, -0.2) is 0 Å². The fourth-order valence-electron chi connectivity index (χ4n) is 2.84. The molecule has 4 nitrogen and oxygen atoms in total. The quantitative estimate of drug-likeness (QED) is 0.200. The van der Waals surface area contributed by atoms with Crippen molar-refractivity contribution in [2.75, 3.05) is 6.54 Å². The van der Waals surface area contributed by atoms with Gasteiger partial charge in [-0.1, -0.05) is 31.7 Å². The van der Waals surface area contributed by atoms with Gasteiger partial charge in [0.25, 0.3) is 0 Å². The molecule has 1 aromatic carbocycles. The van der Waals surface area contributed by atoms with Gasteiger partial charge in [0.2, 0.25) is 0 Å². The Morgan fingerprint density at radius 2 is 2.08 bits per heavy atom. The van der Waals surface area contributed by atoms with Crippen LogP contribution in [0.15, 0.2) is 49.4 Å². The molecule has 0 bridgehead atoms. The van der Waals surface area contributed by atoms with E-state index in [4.69, 9.17) is 0 Å². The summed E-state index contributed by atoms with van der Waals surface area (Å²) in [6.45, 7) is 13.8. The van der Waals surface area contributed by atoms with Crippen LogP contribution in [-0.4, -0.2) is 17.6 Å². The minimum absolute atomic E-state index is 0. The molecule has 1 aromatic heterocycles. The van der Waals surface area contributed by atoms with Crippen molar-refractivity contribution in [1.82, 2.24) is 20.9 Å². The Hall–Kier alpha value is -1.01. The summed E-state index contributed by atoms with van der Waals surface area (Å²) >= 11 is 0. The molecular weight excluding hydrogens is 351 g/mol. The van der Waals surface area contributed by atoms with E-state index in [1.165, 1.54) is 22.2 Å². The Morgan fingerprint density at radius 3 is 2.77 bits per heavy atom. The number of fused-ring (bicyclic) bond motifs is 1. The summed E-state index contributed by atoms with van der Waals surface area (Å²) in [4.78, 5) is 3.44. The van der Waals surface area contributed by atoms with Gasteiger partial charge in [0.15, 0.2) is 0 Å². The fraction of sp³-hybridized carbons (Fsp3) is 0.400. The van der Waals surface area contributed by atoms with Crippen LogP contribution in [0.25, 0.3) is 10.9 Å². The van der Waals surface area contributed by atoms with Crippen LogP contribution in [0.3, 0.4) is 0 Å². The molecule has 0 aliphatic heterocycles. The summed E-state index contributed by atoms with van der Waals surface area (Å²) in [5.41, 5.74) is 3.63. The van der Waals surface area contributed by atoms with E-state index in [9.17, 15) is 0 Å². The Morgan fingerprint density at radius 1 is 1.31 bits per heavy atom. The number of rotatable bonds is 11. The van der Waals surface area contributed by atoms with Crippen LogP contribution in [0.5, 0.6) is 0 Å². The second kappa shape index (κ2) is 13.2. The molecule has 2 rings (SSSR count). The van der Waals surface area contributed by atoms with Crippen molar-refractivity contribution in [2.45, 2.75) is 45.7 Å². The molecule has 1 unspecified atom stereocenters. The summed E-state index contributed by atoms with van der Waals surface area (Å²) in [5, 5.41) is 11.3. The monoisotopic (exact) mass is 382 g/mol. The van der Waals surface area contributed by atoms with Crippen LogP contribution in [0.2, 0.25) is 0 Å². The minimum atomic E-state index is 0. The third-order valence-electron chi connectivity index (χ3n) is 4.21.